The molecule has 26 heavy (non-hydrogen) atoms. The molecular weight excluding hydrogens is 350 g/mol. The van der Waals surface area contributed by atoms with Crippen molar-refractivity contribution in [2.75, 3.05) is 26.2 Å². The molecule has 1 aliphatic rings. The van der Waals surface area contributed by atoms with E-state index >= 15 is 0 Å². The molecule has 2 amide bonds. The minimum atomic E-state index is -0.143. The second-order valence-electron chi connectivity index (χ2n) is 6.57. The topological polar surface area (TPSA) is 70.2 Å². The van der Waals surface area contributed by atoms with Crippen molar-refractivity contribution in [3.05, 3.63) is 48.0 Å². The zero-order chi connectivity index (χ0) is 17.5. The number of halogens is 1. The van der Waals surface area contributed by atoms with E-state index in [4.69, 9.17) is 0 Å². The number of rotatable bonds is 7. The van der Waals surface area contributed by atoms with Crippen molar-refractivity contribution in [3.63, 3.8) is 0 Å². The molecule has 0 bridgehead atoms. The SMILES string of the molecule is Cl.O=C(CCNC(=O)c1ccc2ccccc2c1)NCCC1CCNC1. The standard InChI is InChI=1S/C20H25N3O2.ClH/c24-19(22-11-8-15-7-10-21-14-15)9-12-23-20(25)18-6-5-16-3-1-2-4-17(16)13-18;/h1-6,13,15,21H,7-12,14H2,(H,22,24)(H,23,25);1H. The van der Waals surface area contributed by atoms with Crippen molar-refractivity contribution in [2.45, 2.75) is 19.3 Å². The van der Waals surface area contributed by atoms with Gasteiger partial charge in [0.05, 0.1) is 0 Å². The summed E-state index contributed by atoms with van der Waals surface area (Å²) in [6.07, 6.45) is 2.52. The van der Waals surface area contributed by atoms with Gasteiger partial charge in [0.25, 0.3) is 5.91 Å². The zero-order valence-corrected chi connectivity index (χ0v) is 15.6. The van der Waals surface area contributed by atoms with Crippen molar-refractivity contribution in [1.29, 1.82) is 0 Å². The third-order valence-electron chi connectivity index (χ3n) is 4.69. The van der Waals surface area contributed by atoms with Gasteiger partial charge in [-0.15, -0.1) is 12.4 Å². The van der Waals surface area contributed by atoms with Crippen LogP contribution >= 0.6 is 12.4 Å². The number of hydrogen-bond acceptors (Lipinski definition) is 3. The van der Waals surface area contributed by atoms with Gasteiger partial charge in [-0.1, -0.05) is 30.3 Å². The number of carbonyl (C=O) groups is 2. The van der Waals surface area contributed by atoms with Gasteiger partial charge < -0.3 is 16.0 Å². The van der Waals surface area contributed by atoms with Crippen LogP contribution in [0.25, 0.3) is 10.8 Å². The maximum Gasteiger partial charge on any atom is 0.251 e. The second kappa shape index (κ2) is 10.1. The summed E-state index contributed by atoms with van der Waals surface area (Å²) in [5.41, 5.74) is 0.618. The Morgan fingerprint density at radius 3 is 2.62 bits per heavy atom. The number of benzene rings is 2. The van der Waals surface area contributed by atoms with Gasteiger partial charge in [0.2, 0.25) is 5.91 Å². The van der Waals surface area contributed by atoms with Crippen molar-refractivity contribution < 1.29 is 9.59 Å². The van der Waals surface area contributed by atoms with Gasteiger partial charge in [0.15, 0.2) is 0 Å². The van der Waals surface area contributed by atoms with Gasteiger partial charge in [-0.2, -0.15) is 0 Å². The molecule has 3 rings (SSSR count). The predicted octanol–water partition coefficient (Wildman–Crippen LogP) is 2.50. The first kappa shape index (κ1) is 20.2. The van der Waals surface area contributed by atoms with Crippen LogP contribution in [0.2, 0.25) is 0 Å². The Labute approximate surface area is 160 Å². The fourth-order valence-electron chi connectivity index (χ4n) is 3.19. The fourth-order valence-corrected chi connectivity index (χ4v) is 3.19. The fraction of sp³-hybridized carbons (Fsp3) is 0.400. The largest absolute Gasteiger partial charge is 0.356 e. The van der Waals surface area contributed by atoms with Crippen LogP contribution in [0.1, 0.15) is 29.6 Å². The third-order valence-corrected chi connectivity index (χ3v) is 4.69. The van der Waals surface area contributed by atoms with E-state index in [9.17, 15) is 9.59 Å². The van der Waals surface area contributed by atoms with Crippen LogP contribution < -0.4 is 16.0 Å². The molecule has 2 aromatic carbocycles. The summed E-state index contributed by atoms with van der Waals surface area (Å²) in [5, 5.41) is 11.2. The van der Waals surface area contributed by atoms with Crippen LogP contribution in [0.5, 0.6) is 0 Å². The molecule has 0 spiro atoms. The van der Waals surface area contributed by atoms with Crippen LogP contribution in [0.4, 0.5) is 0 Å². The molecule has 1 aliphatic heterocycles. The molecule has 0 saturated carbocycles. The Balaban J connectivity index is 0.00000243. The highest BCUT2D eigenvalue weighted by molar-refractivity contribution is 5.98. The number of nitrogens with one attached hydrogen (secondary N) is 3. The number of fused-ring (bicyclic) bond motifs is 1. The lowest BCUT2D eigenvalue weighted by Crippen LogP contribution is -2.31. The molecule has 1 heterocycles. The second-order valence-corrected chi connectivity index (χ2v) is 6.57. The van der Waals surface area contributed by atoms with E-state index in [1.54, 1.807) is 0 Å². The van der Waals surface area contributed by atoms with Crippen molar-refractivity contribution in [3.8, 4) is 0 Å². The van der Waals surface area contributed by atoms with Crippen molar-refractivity contribution in [2.24, 2.45) is 5.92 Å². The molecule has 1 saturated heterocycles. The van der Waals surface area contributed by atoms with E-state index in [0.717, 1.165) is 30.3 Å². The zero-order valence-electron chi connectivity index (χ0n) is 14.8. The number of hydrogen-bond donors (Lipinski definition) is 3. The lowest BCUT2D eigenvalue weighted by Gasteiger charge is -2.10. The minimum absolute atomic E-state index is 0. The van der Waals surface area contributed by atoms with E-state index in [2.05, 4.69) is 16.0 Å². The van der Waals surface area contributed by atoms with Crippen LogP contribution in [0, 0.1) is 5.92 Å². The smallest absolute Gasteiger partial charge is 0.251 e. The highest BCUT2D eigenvalue weighted by Crippen LogP contribution is 2.15. The highest BCUT2D eigenvalue weighted by atomic mass is 35.5. The van der Waals surface area contributed by atoms with Crippen molar-refractivity contribution in [1.82, 2.24) is 16.0 Å². The molecule has 1 unspecified atom stereocenters. The summed E-state index contributed by atoms with van der Waals surface area (Å²) in [6.45, 7) is 3.20. The molecule has 3 N–H and O–H groups in total. The maximum absolute atomic E-state index is 12.2. The first-order valence-corrected chi connectivity index (χ1v) is 8.97. The van der Waals surface area contributed by atoms with Gasteiger partial charge in [0, 0.05) is 25.1 Å². The molecule has 5 nitrogen and oxygen atoms in total. The molecule has 0 aliphatic carbocycles. The van der Waals surface area contributed by atoms with Gasteiger partial charge in [-0.25, -0.2) is 0 Å². The summed E-state index contributed by atoms with van der Waals surface area (Å²) >= 11 is 0. The van der Waals surface area contributed by atoms with Crippen molar-refractivity contribution >= 4 is 35.0 Å². The molecule has 2 aromatic rings. The van der Waals surface area contributed by atoms with E-state index in [1.807, 2.05) is 42.5 Å². The van der Waals surface area contributed by atoms with E-state index in [1.165, 1.54) is 6.42 Å². The van der Waals surface area contributed by atoms with E-state index < -0.39 is 0 Å². The average molecular weight is 376 g/mol. The summed E-state index contributed by atoms with van der Waals surface area (Å²) in [5.74, 6) is 0.522. The van der Waals surface area contributed by atoms with Gasteiger partial charge >= 0.3 is 0 Å². The molecule has 6 heteroatoms. The molecule has 140 valence electrons. The Bertz CT molecular complexity index is 745. The first-order chi connectivity index (χ1) is 12.2. The van der Waals surface area contributed by atoms with Gasteiger partial charge in [-0.3, -0.25) is 9.59 Å². The Morgan fingerprint density at radius 2 is 1.85 bits per heavy atom. The highest BCUT2D eigenvalue weighted by Gasteiger charge is 2.14. The van der Waals surface area contributed by atoms with Crippen LogP contribution in [0.3, 0.4) is 0 Å². The van der Waals surface area contributed by atoms with Crippen LogP contribution in [0.15, 0.2) is 42.5 Å². The summed E-state index contributed by atoms with van der Waals surface area (Å²) in [4.78, 5) is 24.0. The molecule has 1 atom stereocenters. The monoisotopic (exact) mass is 375 g/mol. The maximum atomic E-state index is 12.2. The lowest BCUT2D eigenvalue weighted by atomic mass is 10.1. The average Bonchev–Trinajstić information content (AvgIpc) is 3.14. The van der Waals surface area contributed by atoms with Gasteiger partial charge in [-0.05, 0) is 54.8 Å². The first-order valence-electron chi connectivity index (χ1n) is 8.97. The Kier molecular flexibility index (Phi) is 7.88. The third kappa shape index (κ3) is 5.71. The normalized spacial score (nSPS) is 16.1. The summed E-state index contributed by atoms with van der Waals surface area (Å²) < 4.78 is 0. The lowest BCUT2D eigenvalue weighted by molar-refractivity contribution is -0.120. The van der Waals surface area contributed by atoms with Crippen LogP contribution in [-0.2, 0) is 4.79 Å². The number of carbonyl (C=O) groups excluding carboxylic acids is 2. The molecule has 1 fully saturated rings. The quantitative estimate of drug-likeness (QED) is 0.696. The summed E-state index contributed by atoms with van der Waals surface area (Å²) in [7, 11) is 0. The van der Waals surface area contributed by atoms with E-state index in [0.29, 0.717) is 31.0 Å². The van der Waals surface area contributed by atoms with Gasteiger partial charge in [0.1, 0.15) is 0 Å². The Hall–Kier alpha value is -2.11. The molecule has 0 aromatic heterocycles. The van der Waals surface area contributed by atoms with Crippen LogP contribution in [-0.4, -0.2) is 38.0 Å². The predicted molar refractivity (Wildman–Crippen MR) is 107 cm³/mol. The molecular formula is C20H26ClN3O2. The van der Waals surface area contributed by atoms with E-state index in [-0.39, 0.29) is 24.2 Å². The number of amides is 2. The summed E-state index contributed by atoms with van der Waals surface area (Å²) in [6, 6.07) is 13.6. The molecule has 0 radical (unpaired) electrons. The minimum Gasteiger partial charge on any atom is -0.356 e. The Morgan fingerprint density at radius 1 is 1.04 bits per heavy atom.